The summed E-state index contributed by atoms with van der Waals surface area (Å²) in [6.07, 6.45) is 0.424. The average molecular weight is 218 g/mol. The lowest BCUT2D eigenvalue weighted by Crippen LogP contribution is -2.00. The van der Waals surface area contributed by atoms with Crippen LogP contribution in [0, 0.1) is 0 Å². The van der Waals surface area contributed by atoms with Crippen molar-refractivity contribution >= 4 is 5.97 Å². The molecule has 1 heterocycles. The molecule has 1 aromatic carbocycles. The van der Waals surface area contributed by atoms with Crippen LogP contribution in [0.15, 0.2) is 12.1 Å². The van der Waals surface area contributed by atoms with Gasteiger partial charge in [0.2, 0.25) is 0 Å². The van der Waals surface area contributed by atoms with Gasteiger partial charge in [0, 0.05) is 5.56 Å². The average Bonchev–Trinajstić information content (AvgIpc) is 2.54. The normalized spacial score (nSPS) is 14.5. The van der Waals surface area contributed by atoms with Gasteiger partial charge in [-0.1, -0.05) is 33.8 Å². The minimum absolute atomic E-state index is 0.134. The van der Waals surface area contributed by atoms with E-state index in [9.17, 15) is 4.79 Å². The van der Waals surface area contributed by atoms with E-state index in [0.29, 0.717) is 18.3 Å². The maximum atomic E-state index is 11.2. The van der Waals surface area contributed by atoms with Crippen molar-refractivity contribution in [1.82, 2.24) is 0 Å². The van der Waals surface area contributed by atoms with Crippen LogP contribution in [-0.4, -0.2) is 5.97 Å². The second-order valence-corrected chi connectivity index (χ2v) is 5.05. The second kappa shape index (κ2) is 3.93. The summed E-state index contributed by atoms with van der Waals surface area (Å²) < 4.78 is 5.19. The summed E-state index contributed by atoms with van der Waals surface area (Å²) in [5.74, 6) is 1.57. The van der Waals surface area contributed by atoms with Crippen molar-refractivity contribution in [3.05, 3.63) is 28.8 Å². The Hall–Kier alpha value is -1.31. The summed E-state index contributed by atoms with van der Waals surface area (Å²) in [5.41, 5.74) is 3.67. The quantitative estimate of drug-likeness (QED) is 0.561. The van der Waals surface area contributed by atoms with E-state index in [1.54, 1.807) is 0 Å². The second-order valence-electron chi connectivity index (χ2n) is 5.05. The summed E-state index contributed by atoms with van der Waals surface area (Å²) in [7, 11) is 0. The number of hydrogen-bond donors (Lipinski definition) is 0. The molecule has 0 aliphatic carbocycles. The van der Waals surface area contributed by atoms with Gasteiger partial charge in [-0.2, -0.15) is 0 Å². The zero-order chi connectivity index (χ0) is 11.9. The predicted octanol–water partition coefficient (Wildman–Crippen LogP) is 3.39. The number of rotatable bonds is 2. The molecule has 1 aromatic rings. The smallest absolute Gasteiger partial charge is 0.315 e. The molecule has 0 radical (unpaired) electrons. The molecule has 86 valence electrons. The Labute approximate surface area is 96.6 Å². The Bertz CT molecular complexity index is 392. The zero-order valence-electron chi connectivity index (χ0n) is 10.3. The fourth-order valence-corrected chi connectivity index (χ4v) is 2.21. The molecular weight excluding hydrogens is 200 g/mol. The summed E-state index contributed by atoms with van der Waals surface area (Å²) in [5, 5.41) is 0. The maximum absolute atomic E-state index is 11.2. The number of esters is 1. The van der Waals surface area contributed by atoms with Crippen molar-refractivity contribution in [1.29, 1.82) is 0 Å². The van der Waals surface area contributed by atoms with E-state index in [4.69, 9.17) is 4.74 Å². The van der Waals surface area contributed by atoms with E-state index in [2.05, 4.69) is 33.8 Å². The molecule has 0 bridgehead atoms. The highest BCUT2D eigenvalue weighted by Crippen LogP contribution is 2.35. The van der Waals surface area contributed by atoms with E-state index >= 15 is 0 Å². The first-order valence-corrected chi connectivity index (χ1v) is 5.86. The van der Waals surface area contributed by atoms with Crippen LogP contribution in [0.1, 0.15) is 56.2 Å². The van der Waals surface area contributed by atoms with E-state index < -0.39 is 0 Å². The van der Waals surface area contributed by atoms with Crippen LogP contribution in [0.2, 0.25) is 0 Å². The molecule has 0 saturated heterocycles. The lowest BCUT2D eigenvalue weighted by molar-refractivity contribution is -0.131. The maximum Gasteiger partial charge on any atom is 0.315 e. The Kier molecular flexibility index (Phi) is 2.75. The van der Waals surface area contributed by atoms with Gasteiger partial charge in [-0.15, -0.1) is 0 Å². The minimum atomic E-state index is -0.134. The summed E-state index contributed by atoms with van der Waals surface area (Å²) in [4.78, 5) is 11.2. The molecule has 1 aliphatic rings. The van der Waals surface area contributed by atoms with Crippen molar-refractivity contribution in [3.63, 3.8) is 0 Å². The molecule has 2 rings (SSSR count). The number of fused-ring (bicyclic) bond motifs is 1. The van der Waals surface area contributed by atoms with Crippen LogP contribution >= 0.6 is 0 Å². The van der Waals surface area contributed by atoms with Gasteiger partial charge in [0.05, 0.1) is 6.42 Å². The standard InChI is InChI=1S/C14H18O2/c1-8(2)11-5-10-6-14(15)16-13(10)7-12(11)9(3)4/h5,7-9H,6H2,1-4H3. The summed E-state index contributed by atoms with van der Waals surface area (Å²) in [6.45, 7) is 8.71. The molecule has 0 amide bonds. The van der Waals surface area contributed by atoms with Crippen molar-refractivity contribution < 1.29 is 9.53 Å². The van der Waals surface area contributed by atoms with Crippen LogP contribution < -0.4 is 4.74 Å². The van der Waals surface area contributed by atoms with E-state index in [1.165, 1.54) is 11.1 Å². The molecule has 0 fully saturated rings. The molecule has 2 nitrogen and oxygen atoms in total. The van der Waals surface area contributed by atoms with E-state index in [-0.39, 0.29) is 5.97 Å². The topological polar surface area (TPSA) is 26.3 Å². The third-order valence-electron chi connectivity index (χ3n) is 3.07. The van der Waals surface area contributed by atoms with Crippen LogP contribution in [-0.2, 0) is 11.2 Å². The lowest BCUT2D eigenvalue weighted by atomic mass is 9.88. The molecule has 0 unspecified atom stereocenters. The first-order valence-electron chi connectivity index (χ1n) is 5.86. The number of carbonyl (C=O) groups is 1. The Morgan fingerprint density at radius 3 is 2.19 bits per heavy atom. The van der Waals surface area contributed by atoms with E-state index in [0.717, 1.165) is 11.3 Å². The van der Waals surface area contributed by atoms with Crippen molar-refractivity contribution in [2.75, 3.05) is 0 Å². The van der Waals surface area contributed by atoms with Gasteiger partial charge < -0.3 is 4.74 Å². The molecule has 0 saturated carbocycles. The predicted molar refractivity (Wildman–Crippen MR) is 64.0 cm³/mol. The Balaban J connectivity index is 2.53. The molecule has 16 heavy (non-hydrogen) atoms. The van der Waals surface area contributed by atoms with Gasteiger partial charge in [-0.3, -0.25) is 4.79 Å². The van der Waals surface area contributed by atoms with Gasteiger partial charge in [0.25, 0.3) is 0 Å². The highest BCUT2D eigenvalue weighted by atomic mass is 16.5. The largest absolute Gasteiger partial charge is 0.426 e. The van der Waals surface area contributed by atoms with Gasteiger partial charge >= 0.3 is 5.97 Å². The summed E-state index contributed by atoms with van der Waals surface area (Å²) in [6, 6.07) is 4.18. The highest BCUT2D eigenvalue weighted by molar-refractivity contribution is 5.81. The van der Waals surface area contributed by atoms with Crippen LogP contribution in [0.5, 0.6) is 5.75 Å². The van der Waals surface area contributed by atoms with E-state index in [1.807, 2.05) is 6.07 Å². The van der Waals surface area contributed by atoms with Crippen LogP contribution in [0.25, 0.3) is 0 Å². The van der Waals surface area contributed by atoms with Gasteiger partial charge in [-0.05, 0) is 29.0 Å². The third kappa shape index (κ3) is 1.84. The highest BCUT2D eigenvalue weighted by Gasteiger charge is 2.23. The number of ether oxygens (including phenoxy) is 1. The molecular formula is C14H18O2. The molecule has 0 spiro atoms. The molecule has 2 heteroatoms. The Morgan fingerprint density at radius 1 is 1.06 bits per heavy atom. The van der Waals surface area contributed by atoms with Gasteiger partial charge in [0.1, 0.15) is 5.75 Å². The van der Waals surface area contributed by atoms with Crippen LogP contribution in [0.3, 0.4) is 0 Å². The fourth-order valence-electron chi connectivity index (χ4n) is 2.21. The third-order valence-corrected chi connectivity index (χ3v) is 3.07. The van der Waals surface area contributed by atoms with Crippen LogP contribution in [0.4, 0.5) is 0 Å². The van der Waals surface area contributed by atoms with Gasteiger partial charge in [-0.25, -0.2) is 0 Å². The number of benzene rings is 1. The SMILES string of the molecule is CC(C)c1cc2c(cc1C(C)C)OC(=O)C2. The lowest BCUT2D eigenvalue weighted by Gasteiger charge is -2.17. The molecule has 0 atom stereocenters. The summed E-state index contributed by atoms with van der Waals surface area (Å²) >= 11 is 0. The zero-order valence-corrected chi connectivity index (χ0v) is 10.3. The molecule has 0 aromatic heterocycles. The van der Waals surface area contributed by atoms with Crippen molar-refractivity contribution in [2.45, 2.75) is 46.0 Å². The number of hydrogen-bond acceptors (Lipinski definition) is 2. The monoisotopic (exact) mass is 218 g/mol. The molecule has 0 N–H and O–H groups in total. The first kappa shape index (κ1) is 11.2. The van der Waals surface area contributed by atoms with Crippen molar-refractivity contribution in [3.8, 4) is 5.75 Å². The Morgan fingerprint density at radius 2 is 1.62 bits per heavy atom. The fraction of sp³-hybridized carbons (Fsp3) is 0.500. The minimum Gasteiger partial charge on any atom is -0.426 e. The first-order chi connectivity index (χ1) is 7.49. The van der Waals surface area contributed by atoms with Gasteiger partial charge in [0.15, 0.2) is 0 Å². The number of carbonyl (C=O) groups excluding carboxylic acids is 1. The molecule has 1 aliphatic heterocycles. The van der Waals surface area contributed by atoms with Crippen molar-refractivity contribution in [2.24, 2.45) is 0 Å².